The van der Waals surface area contributed by atoms with Gasteiger partial charge in [-0.25, -0.2) is 5.01 Å². The summed E-state index contributed by atoms with van der Waals surface area (Å²) in [5.74, 6) is 0.551. The highest BCUT2D eigenvalue weighted by molar-refractivity contribution is 5.64. The molecular formula is C31H32N2. The molecule has 0 spiro atoms. The molecule has 1 heterocycles. The monoisotopic (exact) mass is 432 g/mol. The van der Waals surface area contributed by atoms with Crippen LogP contribution in [0.25, 0.3) is 22.9 Å². The Labute approximate surface area is 197 Å². The lowest BCUT2D eigenvalue weighted by Gasteiger charge is -2.32. The van der Waals surface area contributed by atoms with E-state index in [9.17, 15) is 0 Å². The zero-order valence-electron chi connectivity index (χ0n) is 19.3. The average molecular weight is 433 g/mol. The fraction of sp³-hybridized carbons (Fsp3) is 0.226. The molecule has 1 atom stereocenters. The average Bonchev–Trinajstić information content (AvgIpc) is 3.24. The van der Waals surface area contributed by atoms with E-state index in [0.717, 1.165) is 38.9 Å². The lowest BCUT2D eigenvalue weighted by atomic mass is 9.94. The second kappa shape index (κ2) is 9.64. The summed E-state index contributed by atoms with van der Waals surface area (Å²) in [5.41, 5.74) is 6.36. The van der Waals surface area contributed by atoms with Crippen LogP contribution in [0.15, 0.2) is 98.1 Å². The van der Waals surface area contributed by atoms with Crippen LogP contribution in [0.5, 0.6) is 0 Å². The van der Waals surface area contributed by atoms with E-state index in [1.54, 1.807) is 0 Å². The number of benzene rings is 3. The van der Waals surface area contributed by atoms with Crippen LogP contribution in [0.1, 0.15) is 30.4 Å². The Hall–Kier alpha value is -3.36. The van der Waals surface area contributed by atoms with Crippen LogP contribution in [-0.2, 0) is 0 Å². The predicted octanol–water partition coefficient (Wildman–Crippen LogP) is 5.33. The van der Waals surface area contributed by atoms with Crippen LogP contribution < -0.4 is 10.4 Å². The number of fused-ring (bicyclic) bond motifs is 2. The van der Waals surface area contributed by atoms with Gasteiger partial charge in [-0.1, -0.05) is 104 Å². The molecule has 1 aliphatic carbocycles. The van der Waals surface area contributed by atoms with Gasteiger partial charge in [0.1, 0.15) is 0 Å². The Morgan fingerprint density at radius 3 is 1.97 bits per heavy atom. The minimum atomic E-state index is 0.551. The molecule has 0 aromatic heterocycles. The third-order valence-electron chi connectivity index (χ3n) is 6.96. The number of hydrazine groups is 1. The first-order valence-corrected chi connectivity index (χ1v) is 12.0. The topological polar surface area (TPSA) is 6.48 Å². The molecule has 1 saturated heterocycles. The molecule has 1 aliphatic heterocycles. The van der Waals surface area contributed by atoms with Crippen LogP contribution in [0.4, 0.5) is 0 Å². The largest absolute Gasteiger partial charge is 0.309 e. The van der Waals surface area contributed by atoms with Crippen molar-refractivity contribution < 1.29 is 0 Å². The maximum Gasteiger partial charge on any atom is 0.0422 e. The van der Waals surface area contributed by atoms with E-state index in [0.29, 0.717) is 5.92 Å². The molecule has 0 N–H and O–H groups in total. The van der Waals surface area contributed by atoms with E-state index in [1.165, 1.54) is 38.4 Å². The van der Waals surface area contributed by atoms with Gasteiger partial charge in [-0.2, -0.15) is 0 Å². The van der Waals surface area contributed by atoms with E-state index in [2.05, 4.69) is 114 Å². The Balaban J connectivity index is 1.39. The smallest absolute Gasteiger partial charge is 0.0422 e. The van der Waals surface area contributed by atoms with Gasteiger partial charge in [0.05, 0.1) is 0 Å². The van der Waals surface area contributed by atoms with Gasteiger partial charge in [-0.3, -0.25) is 0 Å². The summed E-state index contributed by atoms with van der Waals surface area (Å²) >= 11 is 0. The van der Waals surface area contributed by atoms with Crippen molar-refractivity contribution in [2.75, 3.05) is 19.6 Å². The van der Waals surface area contributed by atoms with Crippen LogP contribution >= 0.6 is 0 Å². The highest BCUT2D eigenvalue weighted by atomic mass is 15.6. The quantitative estimate of drug-likeness (QED) is 0.474. The second-order valence-corrected chi connectivity index (χ2v) is 9.08. The van der Waals surface area contributed by atoms with Gasteiger partial charge in [0.25, 0.3) is 0 Å². The van der Waals surface area contributed by atoms with Crippen molar-refractivity contribution in [3.8, 4) is 0 Å². The maximum atomic E-state index is 4.40. The molecule has 5 rings (SSSR count). The van der Waals surface area contributed by atoms with Crippen molar-refractivity contribution in [1.82, 2.24) is 10.0 Å². The first-order valence-electron chi connectivity index (χ1n) is 12.0. The molecule has 2 heteroatoms. The summed E-state index contributed by atoms with van der Waals surface area (Å²) in [6.45, 7) is 11.8. The molecule has 2 nitrogen and oxygen atoms in total. The second-order valence-electron chi connectivity index (χ2n) is 9.08. The summed E-state index contributed by atoms with van der Waals surface area (Å²) in [5, 5.41) is 7.88. The maximum absolute atomic E-state index is 4.40. The minimum absolute atomic E-state index is 0.551. The van der Waals surface area contributed by atoms with Crippen molar-refractivity contribution in [1.29, 1.82) is 0 Å². The van der Waals surface area contributed by atoms with Crippen molar-refractivity contribution in [2.45, 2.75) is 19.3 Å². The molecule has 3 aromatic carbocycles. The van der Waals surface area contributed by atoms with E-state index in [4.69, 9.17) is 0 Å². The summed E-state index contributed by atoms with van der Waals surface area (Å²) in [4.78, 5) is 0. The molecule has 33 heavy (non-hydrogen) atoms. The van der Waals surface area contributed by atoms with Crippen molar-refractivity contribution in [3.05, 3.63) is 120 Å². The number of hydrogen-bond donors (Lipinski definition) is 0. The Morgan fingerprint density at radius 1 is 0.727 bits per heavy atom. The SMILES string of the molecule is C=C(CCN1CC2CC=c3ccccc3=C2N1CCC(=C)c1ccccc1)c1ccccc1. The predicted molar refractivity (Wildman–Crippen MR) is 140 cm³/mol. The van der Waals surface area contributed by atoms with Crippen LogP contribution in [0.2, 0.25) is 0 Å². The van der Waals surface area contributed by atoms with Gasteiger partial charge >= 0.3 is 0 Å². The lowest BCUT2D eigenvalue weighted by Crippen LogP contribution is -2.41. The van der Waals surface area contributed by atoms with E-state index >= 15 is 0 Å². The number of nitrogens with zero attached hydrogens (tertiary/aromatic N) is 2. The zero-order valence-corrected chi connectivity index (χ0v) is 19.3. The van der Waals surface area contributed by atoms with Crippen molar-refractivity contribution in [3.63, 3.8) is 0 Å². The standard InChI is InChI=1S/C31H32N2/c1-24(26-11-5-3-6-12-26)19-21-32-23-29-18-17-28-15-9-10-16-30(28)31(29)33(32)22-20-25(2)27-13-7-4-8-14-27/h3-17,29H,1-2,18-23H2. The van der Waals surface area contributed by atoms with Gasteiger partial charge in [0.2, 0.25) is 0 Å². The van der Waals surface area contributed by atoms with Gasteiger partial charge in [0.15, 0.2) is 0 Å². The highest BCUT2D eigenvalue weighted by Crippen LogP contribution is 2.34. The first kappa shape index (κ1) is 21.5. The van der Waals surface area contributed by atoms with Crippen molar-refractivity contribution >= 4 is 22.9 Å². The summed E-state index contributed by atoms with van der Waals surface area (Å²) in [7, 11) is 0. The Bertz CT molecular complexity index is 1260. The third-order valence-corrected chi connectivity index (χ3v) is 6.96. The van der Waals surface area contributed by atoms with Gasteiger partial charge < -0.3 is 5.01 Å². The fourth-order valence-corrected chi connectivity index (χ4v) is 5.14. The molecular weight excluding hydrogens is 400 g/mol. The molecule has 2 aliphatic rings. The summed E-state index contributed by atoms with van der Waals surface area (Å²) in [6, 6.07) is 30.0. The molecule has 0 saturated carbocycles. The summed E-state index contributed by atoms with van der Waals surface area (Å²) in [6.07, 6.45) is 5.43. The zero-order chi connectivity index (χ0) is 22.6. The summed E-state index contributed by atoms with van der Waals surface area (Å²) < 4.78 is 0. The van der Waals surface area contributed by atoms with Gasteiger partial charge in [-0.05, 0) is 46.8 Å². The first-order chi connectivity index (χ1) is 16.2. The normalized spacial score (nSPS) is 17.3. The molecule has 166 valence electrons. The van der Waals surface area contributed by atoms with Crippen LogP contribution in [0, 0.1) is 5.92 Å². The van der Waals surface area contributed by atoms with E-state index in [-0.39, 0.29) is 0 Å². The van der Waals surface area contributed by atoms with Crippen molar-refractivity contribution in [2.24, 2.45) is 5.92 Å². The Kier molecular flexibility index (Phi) is 6.28. The van der Waals surface area contributed by atoms with Gasteiger partial charge in [0, 0.05) is 36.5 Å². The molecule has 3 aromatic rings. The molecule has 1 fully saturated rings. The molecule has 0 bridgehead atoms. The van der Waals surface area contributed by atoms with E-state index in [1.807, 2.05) is 0 Å². The lowest BCUT2D eigenvalue weighted by molar-refractivity contribution is 0.0697. The number of rotatable bonds is 8. The molecule has 0 amide bonds. The highest BCUT2D eigenvalue weighted by Gasteiger charge is 2.35. The Morgan fingerprint density at radius 2 is 1.30 bits per heavy atom. The van der Waals surface area contributed by atoms with Gasteiger partial charge in [-0.15, -0.1) is 0 Å². The number of hydrogen-bond acceptors (Lipinski definition) is 2. The molecule has 0 radical (unpaired) electrons. The fourth-order valence-electron chi connectivity index (χ4n) is 5.14. The third kappa shape index (κ3) is 4.58. The van der Waals surface area contributed by atoms with Crippen LogP contribution in [0.3, 0.4) is 0 Å². The minimum Gasteiger partial charge on any atom is -0.309 e. The van der Waals surface area contributed by atoms with Crippen LogP contribution in [-0.4, -0.2) is 29.7 Å². The van der Waals surface area contributed by atoms with E-state index < -0.39 is 0 Å². The molecule has 1 unspecified atom stereocenters.